The van der Waals surface area contributed by atoms with Crippen molar-refractivity contribution in [2.45, 2.75) is 45.3 Å². The summed E-state index contributed by atoms with van der Waals surface area (Å²) in [6, 6.07) is -0.168. The molecule has 0 radical (unpaired) electrons. The molecule has 124 valence electrons. The summed E-state index contributed by atoms with van der Waals surface area (Å²) in [6.45, 7) is 3.68. The molecule has 1 atom stereocenters. The molecule has 0 bridgehead atoms. The fourth-order valence-corrected chi connectivity index (χ4v) is 3.14. The lowest BCUT2D eigenvalue weighted by atomic mass is 9.75. The summed E-state index contributed by atoms with van der Waals surface area (Å²) in [6.07, 6.45) is 5.39. The fraction of sp³-hybridized carbons (Fsp3) is 0.562. The number of hydrogen-bond donors (Lipinski definition) is 2. The third-order valence-corrected chi connectivity index (χ3v) is 4.49. The van der Waals surface area contributed by atoms with Crippen molar-refractivity contribution in [2.24, 2.45) is 13.0 Å². The molecule has 2 heterocycles. The molecule has 23 heavy (non-hydrogen) atoms. The zero-order chi connectivity index (χ0) is 16.6. The van der Waals surface area contributed by atoms with Crippen molar-refractivity contribution >= 4 is 5.91 Å². The van der Waals surface area contributed by atoms with Crippen molar-refractivity contribution in [3.63, 3.8) is 0 Å². The molecule has 1 aliphatic carbocycles. The number of nitrogens with one attached hydrogen (secondary N) is 1. The van der Waals surface area contributed by atoms with E-state index >= 15 is 0 Å². The Kier molecular flexibility index (Phi) is 4.21. The largest absolute Gasteiger partial charge is 0.393 e. The highest BCUT2D eigenvalue weighted by Crippen LogP contribution is 2.38. The maximum atomic E-state index is 12.7. The van der Waals surface area contributed by atoms with E-state index in [4.69, 9.17) is 4.52 Å². The lowest BCUT2D eigenvalue weighted by Gasteiger charge is -2.37. The summed E-state index contributed by atoms with van der Waals surface area (Å²) in [5, 5.41) is 20.8. The molecule has 0 aliphatic heterocycles. The molecular formula is C16H22N4O3. The summed E-state index contributed by atoms with van der Waals surface area (Å²) in [7, 11) is 1.84. The van der Waals surface area contributed by atoms with Crippen LogP contribution in [-0.2, 0) is 13.5 Å². The average molecular weight is 318 g/mol. The Morgan fingerprint density at radius 2 is 2.30 bits per heavy atom. The van der Waals surface area contributed by atoms with Crippen LogP contribution in [0, 0.1) is 12.8 Å². The van der Waals surface area contributed by atoms with Crippen LogP contribution in [0.2, 0.25) is 0 Å². The second kappa shape index (κ2) is 6.16. The Morgan fingerprint density at radius 1 is 1.57 bits per heavy atom. The Morgan fingerprint density at radius 3 is 2.87 bits per heavy atom. The second-order valence-corrected chi connectivity index (χ2v) is 6.20. The minimum Gasteiger partial charge on any atom is -0.393 e. The maximum Gasteiger partial charge on any atom is 0.257 e. The Labute approximate surface area is 134 Å². The van der Waals surface area contributed by atoms with Gasteiger partial charge in [-0.2, -0.15) is 5.10 Å². The summed E-state index contributed by atoms with van der Waals surface area (Å²) in [5.41, 5.74) is 2.13. The minimum absolute atomic E-state index is 0.168. The topological polar surface area (TPSA) is 93.2 Å². The van der Waals surface area contributed by atoms with Gasteiger partial charge < -0.3 is 14.9 Å². The van der Waals surface area contributed by atoms with Gasteiger partial charge in [-0.3, -0.25) is 9.48 Å². The van der Waals surface area contributed by atoms with Gasteiger partial charge in [0.15, 0.2) is 0 Å². The number of carbonyl (C=O) groups is 1. The van der Waals surface area contributed by atoms with Crippen molar-refractivity contribution < 1.29 is 14.4 Å². The van der Waals surface area contributed by atoms with E-state index in [0.29, 0.717) is 36.3 Å². The molecule has 0 unspecified atom stereocenters. The van der Waals surface area contributed by atoms with Crippen LogP contribution in [0.25, 0.3) is 0 Å². The van der Waals surface area contributed by atoms with Gasteiger partial charge in [0.1, 0.15) is 11.3 Å². The van der Waals surface area contributed by atoms with E-state index in [1.807, 2.05) is 20.2 Å². The van der Waals surface area contributed by atoms with E-state index in [-0.39, 0.29) is 24.0 Å². The number of aliphatic hydroxyl groups is 1. The zero-order valence-corrected chi connectivity index (χ0v) is 13.6. The van der Waals surface area contributed by atoms with E-state index in [9.17, 15) is 9.90 Å². The van der Waals surface area contributed by atoms with Crippen LogP contribution < -0.4 is 5.32 Å². The molecule has 2 N–H and O–H groups in total. The highest BCUT2D eigenvalue weighted by molar-refractivity contribution is 5.96. The van der Waals surface area contributed by atoms with Gasteiger partial charge in [0, 0.05) is 18.8 Å². The van der Waals surface area contributed by atoms with E-state index < -0.39 is 0 Å². The predicted molar refractivity (Wildman–Crippen MR) is 82.8 cm³/mol. The molecule has 1 aliphatic rings. The molecule has 1 saturated carbocycles. The van der Waals surface area contributed by atoms with Gasteiger partial charge in [0.2, 0.25) is 0 Å². The quantitative estimate of drug-likeness (QED) is 0.872. The van der Waals surface area contributed by atoms with Gasteiger partial charge >= 0.3 is 0 Å². The number of aromatic nitrogens is 3. The van der Waals surface area contributed by atoms with Crippen LogP contribution >= 0.6 is 0 Å². The molecule has 0 aromatic carbocycles. The van der Waals surface area contributed by atoms with Crippen molar-refractivity contribution in [1.82, 2.24) is 20.3 Å². The van der Waals surface area contributed by atoms with Crippen molar-refractivity contribution in [2.75, 3.05) is 0 Å². The lowest BCUT2D eigenvalue weighted by molar-refractivity contribution is 0.0235. The molecule has 2 aromatic heterocycles. The van der Waals surface area contributed by atoms with E-state index in [1.54, 1.807) is 17.8 Å². The van der Waals surface area contributed by atoms with Crippen LogP contribution in [0.4, 0.5) is 0 Å². The Balaban J connectivity index is 1.83. The molecule has 1 amide bonds. The summed E-state index contributed by atoms with van der Waals surface area (Å²) in [5.74, 6) is 0.553. The number of hydrogen-bond acceptors (Lipinski definition) is 5. The van der Waals surface area contributed by atoms with Crippen LogP contribution in [-0.4, -0.2) is 32.1 Å². The van der Waals surface area contributed by atoms with Gasteiger partial charge in [-0.25, -0.2) is 0 Å². The molecule has 7 heteroatoms. The lowest BCUT2D eigenvalue weighted by Crippen LogP contribution is -2.41. The summed E-state index contributed by atoms with van der Waals surface area (Å²) >= 11 is 0. The first-order valence-electron chi connectivity index (χ1n) is 7.92. The molecule has 0 spiro atoms. The first-order chi connectivity index (χ1) is 11.0. The first kappa shape index (κ1) is 15.7. The summed E-state index contributed by atoms with van der Waals surface area (Å²) in [4.78, 5) is 12.7. The predicted octanol–water partition coefficient (Wildman–Crippen LogP) is 1.52. The summed E-state index contributed by atoms with van der Waals surface area (Å²) < 4.78 is 6.86. The average Bonchev–Trinajstić information content (AvgIpc) is 3.07. The van der Waals surface area contributed by atoms with E-state index in [2.05, 4.69) is 15.6 Å². The normalized spacial score (nSPS) is 21.7. The minimum atomic E-state index is -0.278. The van der Waals surface area contributed by atoms with Crippen molar-refractivity contribution in [3.05, 3.63) is 35.0 Å². The SMILES string of the molecule is CCc1noc(C)c1C(=O)N[C@@H](c1cnn(C)c1)C1CC(O)C1. The number of rotatable bonds is 5. The number of carbonyl (C=O) groups excluding carboxylic acids is 1. The molecule has 2 aromatic rings. The Hall–Kier alpha value is -2.15. The molecule has 7 nitrogen and oxygen atoms in total. The Bertz CT molecular complexity index is 700. The second-order valence-electron chi connectivity index (χ2n) is 6.20. The highest BCUT2D eigenvalue weighted by atomic mass is 16.5. The van der Waals surface area contributed by atoms with E-state index in [0.717, 1.165) is 5.56 Å². The van der Waals surface area contributed by atoms with E-state index in [1.165, 1.54) is 0 Å². The number of nitrogens with zero attached hydrogens (tertiary/aromatic N) is 3. The highest BCUT2D eigenvalue weighted by Gasteiger charge is 2.37. The number of aliphatic hydroxyl groups excluding tert-OH is 1. The molecular weight excluding hydrogens is 296 g/mol. The van der Waals surface area contributed by atoms with Crippen LogP contribution in [0.1, 0.15) is 53.2 Å². The van der Waals surface area contributed by atoms with Crippen molar-refractivity contribution in [1.29, 1.82) is 0 Å². The molecule has 0 saturated heterocycles. The van der Waals surface area contributed by atoms with Crippen LogP contribution in [0.3, 0.4) is 0 Å². The van der Waals surface area contributed by atoms with Crippen LogP contribution in [0.15, 0.2) is 16.9 Å². The molecule has 3 rings (SSSR count). The van der Waals surface area contributed by atoms with Crippen LogP contribution in [0.5, 0.6) is 0 Å². The van der Waals surface area contributed by atoms with Gasteiger partial charge in [-0.15, -0.1) is 0 Å². The van der Waals surface area contributed by atoms with Crippen molar-refractivity contribution in [3.8, 4) is 0 Å². The van der Waals surface area contributed by atoms with Gasteiger partial charge in [-0.1, -0.05) is 12.1 Å². The third-order valence-electron chi connectivity index (χ3n) is 4.49. The fourth-order valence-electron chi connectivity index (χ4n) is 3.14. The maximum absolute atomic E-state index is 12.7. The number of aryl methyl sites for hydroxylation is 3. The third kappa shape index (κ3) is 3.01. The first-order valence-corrected chi connectivity index (χ1v) is 7.92. The monoisotopic (exact) mass is 318 g/mol. The zero-order valence-electron chi connectivity index (χ0n) is 13.6. The molecule has 1 fully saturated rings. The number of amides is 1. The van der Waals surface area contributed by atoms with Gasteiger partial charge in [-0.05, 0) is 32.1 Å². The van der Waals surface area contributed by atoms with Gasteiger partial charge in [0.25, 0.3) is 5.91 Å². The standard InChI is InChI=1S/C16H22N4O3/c1-4-13-14(9(2)23-19-13)16(22)18-15(10-5-12(21)6-10)11-7-17-20(3)8-11/h7-8,10,12,15,21H,4-6H2,1-3H3,(H,18,22)/t10?,12?,15-/m1/s1. The smallest absolute Gasteiger partial charge is 0.257 e. The van der Waals surface area contributed by atoms with Gasteiger partial charge in [0.05, 0.1) is 24.0 Å².